The summed E-state index contributed by atoms with van der Waals surface area (Å²) in [6.07, 6.45) is 17.0. The van der Waals surface area contributed by atoms with Crippen LogP contribution in [0.4, 0.5) is 0 Å². The van der Waals surface area contributed by atoms with Crippen molar-refractivity contribution in [2.75, 3.05) is 13.2 Å². The van der Waals surface area contributed by atoms with Crippen molar-refractivity contribution in [1.82, 2.24) is 0 Å². The summed E-state index contributed by atoms with van der Waals surface area (Å²) in [5.74, 6) is 1.29. The van der Waals surface area contributed by atoms with Gasteiger partial charge in [0.25, 0.3) is 0 Å². The molecule has 4 unspecified atom stereocenters. The molecule has 1 saturated heterocycles. The zero-order valence-electron chi connectivity index (χ0n) is 19.5. The molecular formula is C25H48O3. The molecule has 2 rings (SSSR count). The molecule has 3 nitrogen and oxygen atoms in total. The molecular weight excluding hydrogens is 348 g/mol. The van der Waals surface area contributed by atoms with Crippen LogP contribution in [0.3, 0.4) is 0 Å². The molecule has 2 fully saturated rings. The summed E-state index contributed by atoms with van der Waals surface area (Å²) in [6, 6.07) is 0. The molecule has 0 spiro atoms. The molecule has 0 bridgehead atoms. The highest BCUT2D eigenvalue weighted by atomic mass is 16.7. The van der Waals surface area contributed by atoms with Crippen LogP contribution >= 0.6 is 0 Å². The van der Waals surface area contributed by atoms with E-state index in [1.165, 1.54) is 77.0 Å². The first kappa shape index (κ1) is 24.2. The molecule has 0 aromatic heterocycles. The number of rotatable bonds is 16. The SMILES string of the molecule is CCCCCCCCC(CCC1CCC2OC2C1)C(OCC)(OCC)C(C)C. The van der Waals surface area contributed by atoms with Crippen LogP contribution in [0, 0.1) is 17.8 Å². The first-order valence-corrected chi connectivity index (χ1v) is 12.5. The molecule has 1 saturated carbocycles. The van der Waals surface area contributed by atoms with Crippen LogP contribution in [0.1, 0.15) is 112 Å². The lowest BCUT2D eigenvalue weighted by molar-refractivity contribution is -0.290. The fourth-order valence-corrected chi connectivity index (χ4v) is 5.44. The normalized spacial score (nSPS) is 25.7. The van der Waals surface area contributed by atoms with Crippen molar-refractivity contribution < 1.29 is 14.2 Å². The Kier molecular flexibility index (Phi) is 10.8. The Hall–Kier alpha value is -0.120. The molecule has 1 heterocycles. The maximum Gasteiger partial charge on any atom is 0.173 e. The number of hydrogen-bond donors (Lipinski definition) is 0. The summed E-state index contributed by atoms with van der Waals surface area (Å²) in [4.78, 5) is 0. The van der Waals surface area contributed by atoms with Gasteiger partial charge in [0.2, 0.25) is 0 Å². The standard InChI is InChI=1S/C25H48O3/c1-6-9-10-11-12-13-14-22(25(20(4)5,26-7-2)27-8-3)17-15-21-16-18-23-24(19-21)28-23/h20-24H,6-19H2,1-5H3. The van der Waals surface area contributed by atoms with Gasteiger partial charge in [-0.25, -0.2) is 0 Å². The van der Waals surface area contributed by atoms with Gasteiger partial charge < -0.3 is 14.2 Å². The minimum absolute atomic E-state index is 0.375. The van der Waals surface area contributed by atoms with E-state index >= 15 is 0 Å². The number of epoxide rings is 1. The first-order valence-electron chi connectivity index (χ1n) is 12.5. The Labute approximate surface area is 175 Å². The van der Waals surface area contributed by atoms with Gasteiger partial charge in [-0.05, 0) is 58.3 Å². The smallest absolute Gasteiger partial charge is 0.173 e. The van der Waals surface area contributed by atoms with E-state index in [9.17, 15) is 0 Å². The second kappa shape index (κ2) is 12.5. The minimum atomic E-state index is -0.416. The fourth-order valence-electron chi connectivity index (χ4n) is 5.44. The van der Waals surface area contributed by atoms with Crippen molar-refractivity contribution in [2.45, 2.75) is 130 Å². The fraction of sp³-hybridized carbons (Fsp3) is 1.00. The van der Waals surface area contributed by atoms with Crippen LogP contribution in [-0.2, 0) is 14.2 Å². The molecule has 1 aliphatic carbocycles. The van der Waals surface area contributed by atoms with Gasteiger partial charge >= 0.3 is 0 Å². The monoisotopic (exact) mass is 396 g/mol. The molecule has 166 valence electrons. The number of unbranched alkanes of at least 4 members (excludes halogenated alkanes) is 5. The van der Waals surface area contributed by atoms with Gasteiger partial charge in [0.15, 0.2) is 5.79 Å². The van der Waals surface area contributed by atoms with E-state index < -0.39 is 5.79 Å². The summed E-state index contributed by atoms with van der Waals surface area (Å²) in [5, 5.41) is 0. The third kappa shape index (κ3) is 6.99. The van der Waals surface area contributed by atoms with Gasteiger partial charge in [0.05, 0.1) is 12.2 Å². The molecule has 0 N–H and O–H groups in total. The van der Waals surface area contributed by atoms with Crippen LogP contribution in [-0.4, -0.2) is 31.2 Å². The maximum absolute atomic E-state index is 6.41. The third-order valence-electron chi connectivity index (χ3n) is 7.06. The summed E-state index contributed by atoms with van der Waals surface area (Å²) in [5.41, 5.74) is 0. The van der Waals surface area contributed by atoms with Crippen molar-refractivity contribution in [3.05, 3.63) is 0 Å². The Morgan fingerprint density at radius 3 is 2.14 bits per heavy atom. The van der Waals surface area contributed by atoms with E-state index in [-0.39, 0.29) is 0 Å². The van der Waals surface area contributed by atoms with Gasteiger partial charge in [0, 0.05) is 25.0 Å². The Morgan fingerprint density at radius 2 is 1.54 bits per heavy atom. The van der Waals surface area contributed by atoms with Crippen molar-refractivity contribution in [1.29, 1.82) is 0 Å². The van der Waals surface area contributed by atoms with Gasteiger partial charge in [-0.2, -0.15) is 0 Å². The molecule has 4 atom stereocenters. The number of ether oxygens (including phenoxy) is 3. The second-order valence-electron chi connectivity index (χ2n) is 9.46. The quantitative estimate of drug-likeness (QED) is 0.158. The van der Waals surface area contributed by atoms with Crippen LogP contribution in [0.5, 0.6) is 0 Å². The van der Waals surface area contributed by atoms with Gasteiger partial charge in [-0.15, -0.1) is 0 Å². The van der Waals surface area contributed by atoms with E-state index in [1.807, 2.05) is 0 Å². The van der Waals surface area contributed by atoms with E-state index in [0.29, 0.717) is 24.0 Å². The van der Waals surface area contributed by atoms with Crippen LogP contribution in [0.2, 0.25) is 0 Å². The molecule has 2 aliphatic rings. The third-order valence-corrected chi connectivity index (χ3v) is 7.06. The topological polar surface area (TPSA) is 31.0 Å². The van der Waals surface area contributed by atoms with Gasteiger partial charge in [0.1, 0.15) is 0 Å². The first-order chi connectivity index (χ1) is 13.6. The zero-order chi connectivity index (χ0) is 20.4. The maximum atomic E-state index is 6.41. The van der Waals surface area contributed by atoms with E-state index in [2.05, 4.69) is 34.6 Å². The van der Waals surface area contributed by atoms with Crippen LogP contribution in [0.15, 0.2) is 0 Å². The van der Waals surface area contributed by atoms with Gasteiger partial charge in [-0.3, -0.25) is 0 Å². The van der Waals surface area contributed by atoms with E-state index in [4.69, 9.17) is 14.2 Å². The summed E-state index contributed by atoms with van der Waals surface area (Å²) >= 11 is 0. The average molecular weight is 397 g/mol. The van der Waals surface area contributed by atoms with Gasteiger partial charge in [-0.1, -0.05) is 59.3 Å². The summed E-state index contributed by atoms with van der Waals surface area (Å²) < 4.78 is 18.6. The Balaban J connectivity index is 1.95. The Morgan fingerprint density at radius 1 is 0.857 bits per heavy atom. The summed E-state index contributed by atoms with van der Waals surface area (Å²) in [6.45, 7) is 12.5. The second-order valence-corrected chi connectivity index (χ2v) is 9.46. The number of hydrogen-bond acceptors (Lipinski definition) is 3. The van der Waals surface area contributed by atoms with E-state index in [1.54, 1.807) is 0 Å². The lowest BCUT2D eigenvalue weighted by Crippen LogP contribution is -2.48. The molecule has 0 aromatic carbocycles. The Bertz CT molecular complexity index is 403. The average Bonchev–Trinajstić information content (AvgIpc) is 3.45. The highest BCUT2D eigenvalue weighted by Crippen LogP contribution is 2.44. The lowest BCUT2D eigenvalue weighted by Gasteiger charge is -2.44. The molecule has 0 amide bonds. The summed E-state index contributed by atoms with van der Waals surface area (Å²) in [7, 11) is 0. The number of fused-ring (bicyclic) bond motifs is 1. The van der Waals surface area contributed by atoms with Crippen molar-refractivity contribution in [3.8, 4) is 0 Å². The highest BCUT2D eigenvalue weighted by molar-refractivity contribution is 4.92. The van der Waals surface area contributed by atoms with E-state index in [0.717, 1.165) is 19.1 Å². The molecule has 0 aromatic rings. The highest BCUT2D eigenvalue weighted by Gasteiger charge is 2.46. The van der Waals surface area contributed by atoms with Crippen molar-refractivity contribution in [3.63, 3.8) is 0 Å². The zero-order valence-corrected chi connectivity index (χ0v) is 19.5. The molecule has 28 heavy (non-hydrogen) atoms. The minimum Gasteiger partial charge on any atom is -0.370 e. The predicted octanol–water partition coefficient (Wildman–Crippen LogP) is 7.13. The molecule has 1 aliphatic heterocycles. The molecule has 3 heteroatoms. The largest absolute Gasteiger partial charge is 0.370 e. The van der Waals surface area contributed by atoms with Crippen LogP contribution < -0.4 is 0 Å². The lowest BCUT2D eigenvalue weighted by atomic mass is 9.78. The van der Waals surface area contributed by atoms with Crippen molar-refractivity contribution in [2.24, 2.45) is 17.8 Å². The van der Waals surface area contributed by atoms with Crippen molar-refractivity contribution >= 4 is 0 Å². The predicted molar refractivity (Wildman–Crippen MR) is 118 cm³/mol. The van der Waals surface area contributed by atoms with Crippen LogP contribution in [0.25, 0.3) is 0 Å². The molecule has 0 radical (unpaired) electrons.